The van der Waals surface area contributed by atoms with Crippen molar-refractivity contribution in [2.24, 2.45) is 5.73 Å². The molecular formula is C7H15F3N2O2S. The fourth-order valence-electron chi connectivity index (χ4n) is 0.935. The van der Waals surface area contributed by atoms with Crippen molar-refractivity contribution in [3.63, 3.8) is 0 Å². The number of nitrogens with two attached hydrogens (primary N) is 1. The number of hydrogen-bond acceptors (Lipinski definition) is 3. The maximum absolute atomic E-state index is 11.9. The summed E-state index contributed by atoms with van der Waals surface area (Å²) in [5.74, 6) is -0.295. The van der Waals surface area contributed by atoms with Crippen LogP contribution in [-0.4, -0.2) is 44.8 Å². The van der Waals surface area contributed by atoms with Gasteiger partial charge >= 0.3 is 6.18 Å². The monoisotopic (exact) mass is 248 g/mol. The highest BCUT2D eigenvalue weighted by molar-refractivity contribution is 7.89. The lowest BCUT2D eigenvalue weighted by Crippen LogP contribution is -2.37. The van der Waals surface area contributed by atoms with Crippen LogP contribution in [0.5, 0.6) is 0 Å². The van der Waals surface area contributed by atoms with Crippen LogP contribution in [0.4, 0.5) is 13.2 Å². The second kappa shape index (κ2) is 5.66. The van der Waals surface area contributed by atoms with Crippen molar-refractivity contribution >= 4 is 10.0 Å². The van der Waals surface area contributed by atoms with Crippen LogP contribution in [0.25, 0.3) is 0 Å². The quantitative estimate of drug-likeness (QED) is 0.698. The zero-order valence-corrected chi connectivity index (χ0v) is 9.24. The summed E-state index contributed by atoms with van der Waals surface area (Å²) in [6, 6.07) is 0. The van der Waals surface area contributed by atoms with Gasteiger partial charge in [0.1, 0.15) is 6.54 Å². The second-order valence-electron chi connectivity index (χ2n) is 3.18. The van der Waals surface area contributed by atoms with E-state index in [-0.39, 0.29) is 12.2 Å². The zero-order chi connectivity index (χ0) is 12.1. The van der Waals surface area contributed by atoms with Crippen molar-refractivity contribution in [1.82, 2.24) is 4.31 Å². The molecule has 8 heteroatoms. The first-order valence-corrected chi connectivity index (χ1v) is 6.01. The summed E-state index contributed by atoms with van der Waals surface area (Å²) in [4.78, 5) is 0. The van der Waals surface area contributed by atoms with Gasteiger partial charge in [0.15, 0.2) is 0 Å². The fraction of sp³-hybridized carbons (Fsp3) is 1.00. The molecule has 0 aromatic rings. The third kappa shape index (κ3) is 6.69. The van der Waals surface area contributed by atoms with Gasteiger partial charge in [-0.3, -0.25) is 0 Å². The Morgan fingerprint density at radius 2 is 1.80 bits per heavy atom. The van der Waals surface area contributed by atoms with Gasteiger partial charge in [0.25, 0.3) is 0 Å². The van der Waals surface area contributed by atoms with Crippen LogP contribution in [0.2, 0.25) is 0 Å². The fourth-order valence-corrected chi connectivity index (χ4v) is 2.16. The Balaban J connectivity index is 4.21. The Morgan fingerprint density at radius 1 is 1.27 bits per heavy atom. The SMILES string of the molecule is CN(CC(F)(F)F)S(=O)(=O)CCCCN. The molecule has 15 heavy (non-hydrogen) atoms. The number of sulfonamides is 1. The van der Waals surface area contributed by atoms with Crippen LogP contribution in [0, 0.1) is 0 Å². The molecule has 0 saturated carbocycles. The highest BCUT2D eigenvalue weighted by Crippen LogP contribution is 2.17. The van der Waals surface area contributed by atoms with Gasteiger partial charge in [-0.25, -0.2) is 8.42 Å². The molecule has 0 aliphatic rings. The van der Waals surface area contributed by atoms with E-state index in [1.807, 2.05) is 0 Å². The van der Waals surface area contributed by atoms with Crippen LogP contribution >= 0.6 is 0 Å². The first-order valence-electron chi connectivity index (χ1n) is 4.40. The predicted molar refractivity (Wildman–Crippen MR) is 50.8 cm³/mol. The Morgan fingerprint density at radius 3 is 2.20 bits per heavy atom. The molecule has 0 fully saturated rings. The largest absolute Gasteiger partial charge is 0.402 e. The number of hydrogen-bond donors (Lipinski definition) is 1. The molecule has 0 rings (SSSR count). The molecule has 0 radical (unpaired) electrons. The lowest BCUT2D eigenvalue weighted by atomic mass is 10.3. The van der Waals surface area contributed by atoms with Gasteiger partial charge in [-0.1, -0.05) is 0 Å². The standard InChI is InChI=1S/C7H15F3N2O2S/c1-12(6-7(8,9)10)15(13,14)5-3-2-4-11/h2-6,11H2,1H3. The van der Waals surface area contributed by atoms with E-state index in [9.17, 15) is 21.6 Å². The molecule has 0 amide bonds. The van der Waals surface area contributed by atoms with E-state index in [4.69, 9.17) is 5.73 Å². The van der Waals surface area contributed by atoms with E-state index in [2.05, 4.69) is 0 Å². The van der Waals surface area contributed by atoms with Crippen molar-refractivity contribution in [3.05, 3.63) is 0 Å². The van der Waals surface area contributed by atoms with Gasteiger partial charge in [0, 0.05) is 7.05 Å². The van der Waals surface area contributed by atoms with Gasteiger partial charge in [-0.05, 0) is 19.4 Å². The van der Waals surface area contributed by atoms with Crippen LogP contribution < -0.4 is 5.73 Å². The van der Waals surface area contributed by atoms with E-state index >= 15 is 0 Å². The lowest BCUT2D eigenvalue weighted by molar-refractivity contribution is -0.134. The molecular weight excluding hydrogens is 233 g/mol. The average Bonchev–Trinajstić information content (AvgIpc) is 2.01. The van der Waals surface area contributed by atoms with Gasteiger partial charge in [0.2, 0.25) is 10.0 Å². The number of alkyl halides is 3. The van der Waals surface area contributed by atoms with E-state index in [1.165, 1.54) is 0 Å². The molecule has 0 aromatic carbocycles. The molecule has 0 aliphatic carbocycles. The molecule has 2 N–H and O–H groups in total. The first kappa shape index (κ1) is 14.7. The maximum atomic E-state index is 11.9. The smallest absolute Gasteiger partial charge is 0.330 e. The molecule has 0 saturated heterocycles. The van der Waals surface area contributed by atoms with E-state index < -0.39 is 22.7 Å². The van der Waals surface area contributed by atoms with E-state index in [0.717, 1.165) is 7.05 Å². The summed E-state index contributed by atoms with van der Waals surface area (Å²) in [6.45, 7) is -1.11. The minimum atomic E-state index is -4.50. The average molecular weight is 248 g/mol. The van der Waals surface area contributed by atoms with Crippen LogP contribution in [0.1, 0.15) is 12.8 Å². The van der Waals surface area contributed by atoms with Gasteiger partial charge in [-0.2, -0.15) is 17.5 Å². The van der Waals surface area contributed by atoms with Crippen molar-refractivity contribution in [1.29, 1.82) is 0 Å². The van der Waals surface area contributed by atoms with E-state index in [0.29, 0.717) is 17.3 Å². The van der Waals surface area contributed by atoms with Crippen LogP contribution in [0.15, 0.2) is 0 Å². The van der Waals surface area contributed by atoms with Crippen molar-refractivity contribution < 1.29 is 21.6 Å². The predicted octanol–water partition coefficient (Wildman–Crippen LogP) is 0.549. The number of nitrogens with zero attached hydrogens (tertiary/aromatic N) is 1. The van der Waals surface area contributed by atoms with Gasteiger partial charge in [0.05, 0.1) is 5.75 Å². The second-order valence-corrected chi connectivity index (χ2v) is 5.38. The Bertz CT molecular complexity index is 276. The van der Waals surface area contributed by atoms with Crippen molar-refractivity contribution in [3.8, 4) is 0 Å². The van der Waals surface area contributed by atoms with Crippen LogP contribution in [-0.2, 0) is 10.0 Å². The number of unbranched alkanes of at least 4 members (excludes halogenated alkanes) is 1. The molecule has 0 bridgehead atoms. The molecule has 0 heterocycles. The minimum Gasteiger partial charge on any atom is -0.330 e. The molecule has 0 unspecified atom stereocenters. The summed E-state index contributed by atoms with van der Waals surface area (Å²) in [5, 5.41) is 0. The van der Waals surface area contributed by atoms with Crippen molar-refractivity contribution in [2.75, 3.05) is 25.9 Å². The highest BCUT2D eigenvalue weighted by Gasteiger charge is 2.33. The number of rotatable bonds is 6. The third-order valence-corrected chi connectivity index (χ3v) is 3.62. The molecule has 4 nitrogen and oxygen atoms in total. The summed E-state index contributed by atoms with van der Waals surface area (Å²) < 4.78 is 58.6. The zero-order valence-electron chi connectivity index (χ0n) is 8.42. The Kier molecular flexibility index (Phi) is 5.54. The summed E-state index contributed by atoms with van der Waals surface area (Å²) in [7, 11) is -2.89. The third-order valence-electron chi connectivity index (χ3n) is 1.73. The molecule has 0 spiro atoms. The minimum absolute atomic E-state index is 0.279. The topological polar surface area (TPSA) is 63.4 Å². The van der Waals surface area contributed by atoms with Crippen LogP contribution in [0.3, 0.4) is 0 Å². The molecule has 0 aromatic heterocycles. The van der Waals surface area contributed by atoms with Gasteiger partial charge in [-0.15, -0.1) is 0 Å². The first-order chi connectivity index (χ1) is 6.69. The normalized spacial score (nSPS) is 13.5. The molecule has 92 valence electrons. The Labute approximate surface area is 87.3 Å². The maximum Gasteiger partial charge on any atom is 0.402 e. The van der Waals surface area contributed by atoms with Gasteiger partial charge < -0.3 is 5.73 Å². The number of halogens is 3. The highest BCUT2D eigenvalue weighted by atomic mass is 32.2. The summed E-state index contributed by atoms with van der Waals surface area (Å²) in [5.41, 5.74) is 5.15. The summed E-state index contributed by atoms with van der Waals surface area (Å²) >= 11 is 0. The van der Waals surface area contributed by atoms with Crippen molar-refractivity contribution in [2.45, 2.75) is 19.0 Å². The molecule has 0 atom stereocenters. The summed E-state index contributed by atoms with van der Waals surface area (Å²) in [6.07, 6.45) is -3.74. The van der Waals surface area contributed by atoms with E-state index in [1.54, 1.807) is 0 Å². The lowest BCUT2D eigenvalue weighted by Gasteiger charge is -2.18. The Hall–Kier alpha value is -0.340. The molecule has 0 aliphatic heterocycles.